The zero-order chi connectivity index (χ0) is 16.3. The summed E-state index contributed by atoms with van der Waals surface area (Å²) in [5.74, 6) is 1.67. The molecule has 0 spiro atoms. The van der Waals surface area contributed by atoms with Crippen molar-refractivity contribution in [3.63, 3.8) is 0 Å². The third kappa shape index (κ3) is 3.59. The fraction of sp³-hybridized carbons (Fsp3) is 0.615. The molecule has 0 aliphatic carbocycles. The summed E-state index contributed by atoms with van der Waals surface area (Å²) in [4.78, 5) is 11.2. The molecule has 3 rings (SSSR count). The van der Waals surface area contributed by atoms with Crippen LogP contribution < -0.4 is 4.90 Å². The van der Waals surface area contributed by atoms with E-state index >= 15 is 0 Å². The molecule has 2 aromatic heterocycles. The molecule has 0 unspecified atom stereocenters. The minimum atomic E-state index is -0.833. The maximum Gasteiger partial charge on any atom is 0.300 e. The van der Waals surface area contributed by atoms with Gasteiger partial charge in [-0.15, -0.1) is 20.4 Å². The topological polar surface area (TPSA) is 97.0 Å². The van der Waals surface area contributed by atoms with Crippen molar-refractivity contribution < 1.29 is 9.90 Å². The number of carboxylic acid groups (broad SMARTS) is 1. The predicted molar refractivity (Wildman–Crippen MR) is 83.1 cm³/mol. The van der Waals surface area contributed by atoms with Crippen LogP contribution >= 0.6 is 11.3 Å². The van der Waals surface area contributed by atoms with Gasteiger partial charge in [-0.2, -0.15) is 0 Å². The summed E-state index contributed by atoms with van der Waals surface area (Å²) in [6.07, 6.45) is 0. The average Bonchev–Trinajstić information content (AvgIpc) is 3.07. The van der Waals surface area contributed by atoms with E-state index in [4.69, 9.17) is 9.90 Å². The van der Waals surface area contributed by atoms with Crippen LogP contribution in [0.2, 0.25) is 0 Å². The van der Waals surface area contributed by atoms with E-state index in [1.54, 1.807) is 16.8 Å². The van der Waals surface area contributed by atoms with E-state index in [0.29, 0.717) is 12.0 Å². The number of hydrogen-bond acceptors (Lipinski definition) is 7. The minimum Gasteiger partial charge on any atom is -0.481 e. The van der Waals surface area contributed by atoms with Gasteiger partial charge in [-0.3, -0.25) is 4.79 Å². The quantitative estimate of drug-likeness (QED) is 0.901. The van der Waals surface area contributed by atoms with Crippen LogP contribution in [-0.2, 0) is 11.3 Å². The zero-order valence-electron chi connectivity index (χ0n) is 13.1. The van der Waals surface area contributed by atoms with E-state index in [0.717, 1.165) is 36.8 Å². The molecule has 8 nitrogen and oxygen atoms in total. The number of aliphatic carboxylic acids is 1. The molecule has 0 saturated heterocycles. The molecule has 1 aliphatic rings. The molecule has 0 saturated carbocycles. The Morgan fingerprint density at radius 3 is 2.64 bits per heavy atom. The Labute approximate surface area is 132 Å². The molecule has 1 aliphatic heterocycles. The highest BCUT2D eigenvalue weighted by atomic mass is 32.1. The van der Waals surface area contributed by atoms with Crippen LogP contribution in [-0.4, -0.2) is 42.6 Å². The zero-order valence-corrected chi connectivity index (χ0v) is 13.9. The first-order valence-electron chi connectivity index (χ1n) is 7.04. The molecular weight excluding hydrogens is 304 g/mol. The third-order valence-corrected chi connectivity index (χ3v) is 3.94. The van der Waals surface area contributed by atoms with Crippen molar-refractivity contribution in [3.8, 4) is 0 Å². The predicted octanol–water partition coefficient (Wildman–Crippen LogP) is 1.93. The summed E-state index contributed by atoms with van der Waals surface area (Å²) in [6, 6.07) is 0.366. The maximum atomic E-state index is 9.00. The SMILES string of the molecule is CC(=O)O.CC(C)c1nnc2n1[C@@H](C)CN(c1nncs1)C2. The highest BCUT2D eigenvalue weighted by molar-refractivity contribution is 7.13. The second kappa shape index (κ2) is 6.82. The first-order valence-corrected chi connectivity index (χ1v) is 7.92. The van der Waals surface area contributed by atoms with E-state index < -0.39 is 5.97 Å². The molecule has 9 heteroatoms. The molecule has 0 radical (unpaired) electrons. The van der Waals surface area contributed by atoms with Crippen LogP contribution in [0.4, 0.5) is 5.13 Å². The highest BCUT2D eigenvalue weighted by Gasteiger charge is 2.28. The Kier molecular flexibility index (Phi) is 5.07. The summed E-state index contributed by atoms with van der Waals surface area (Å²) >= 11 is 1.57. The Morgan fingerprint density at radius 1 is 1.41 bits per heavy atom. The molecule has 0 amide bonds. The monoisotopic (exact) mass is 324 g/mol. The van der Waals surface area contributed by atoms with Gasteiger partial charge in [-0.25, -0.2) is 0 Å². The van der Waals surface area contributed by atoms with Gasteiger partial charge in [-0.1, -0.05) is 25.2 Å². The number of hydrogen-bond donors (Lipinski definition) is 1. The molecule has 0 aromatic carbocycles. The van der Waals surface area contributed by atoms with Gasteiger partial charge in [0.1, 0.15) is 11.3 Å². The van der Waals surface area contributed by atoms with Crippen molar-refractivity contribution >= 4 is 22.4 Å². The van der Waals surface area contributed by atoms with Crippen molar-refractivity contribution in [2.75, 3.05) is 11.4 Å². The Bertz CT molecular complexity index is 621. The smallest absolute Gasteiger partial charge is 0.300 e. The van der Waals surface area contributed by atoms with Crippen LogP contribution in [0.5, 0.6) is 0 Å². The van der Waals surface area contributed by atoms with Crippen LogP contribution in [0.3, 0.4) is 0 Å². The maximum absolute atomic E-state index is 9.00. The molecule has 1 N–H and O–H groups in total. The van der Waals surface area contributed by atoms with Crippen molar-refractivity contribution in [1.29, 1.82) is 0 Å². The fourth-order valence-corrected chi connectivity index (χ4v) is 2.98. The van der Waals surface area contributed by atoms with Crippen LogP contribution in [0.25, 0.3) is 0 Å². The molecule has 0 fully saturated rings. The number of fused-ring (bicyclic) bond motifs is 1. The Hall–Kier alpha value is -2.03. The van der Waals surface area contributed by atoms with Crippen LogP contribution in [0.15, 0.2) is 5.51 Å². The molecule has 3 heterocycles. The Balaban J connectivity index is 0.000000396. The van der Waals surface area contributed by atoms with Gasteiger partial charge in [0, 0.05) is 19.4 Å². The Morgan fingerprint density at radius 2 is 2.09 bits per heavy atom. The first kappa shape index (κ1) is 16.3. The number of nitrogens with zero attached hydrogens (tertiary/aromatic N) is 6. The van der Waals surface area contributed by atoms with Gasteiger partial charge in [-0.05, 0) is 6.92 Å². The standard InChI is InChI=1S/C11H16N6S.C2H4O2/c1-7(2)10-14-13-9-5-16(4-8(3)17(9)10)11-15-12-6-18-11;1-2(3)4/h6-8H,4-5H2,1-3H3;1H3,(H,3,4)/t8-;/m0./s1. The summed E-state index contributed by atoms with van der Waals surface area (Å²) in [5, 5.41) is 25.0. The molecule has 120 valence electrons. The van der Waals surface area contributed by atoms with Crippen molar-refractivity contribution in [1.82, 2.24) is 25.0 Å². The van der Waals surface area contributed by atoms with E-state index in [1.807, 2.05) is 0 Å². The van der Waals surface area contributed by atoms with Gasteiger partial charge < -0.3 is 14.6 Å². The molecule has 2 aromatic rings. The van der Waals surface area contributed by atoms with Gasteiger partial charge in [0.2, 0.25) is 5.13 Å². The van der Waals surface area contributed by atoms with Gasteiger partial charge >= 0.3 is 0 Å². The minimum absolute atomic E-state index is 0.366. The lowest BCUT2D eigenvalue weighted by atomic mass is 10.1. The molecule has 1 atom stereocenters. The average molecular weight is 324 g/mol. The number of carboxylic acids is 1. The van der Waals surface area contributed by atoms with E-state index in [-0.39, 0.29) is 0 Å². The first-order chi connectivity index (χ1) is 10.4. The summed E-state index contributed by atoms with van der Waals surface area (Å²) in [6.45, 7) is 9.29. The van der Waals surface area contributed by atoms with Gasteiger partial charge in [0.05, 0.1) is 12.6 Å². The third-order valence-electron chi connectivity index (χ3n) is 3.19. The summed E-state index contributed by atoms with van der Waals surface area (Å²) in [7, 11) is 0. The molecule has 22 heavy (non-hydrogen) atoms. The van der Waals surface area contributed by atoms with Gasteiger partial charge in [0.25, 0.3) is 5.97 Å². The normalized spacial score (nSPS) is 17.0. The van der Waals surface area contributed by atoms with Crippen LogP contribution in [0, 0.1) is 0 Å². The lowest BCUT2D eigenvalue weighted by Gasteiger charge is -2.32. The lowest BCUT2D eigenvalue weighted by Crippen LogP contribution is -2.37. The number of rotatable bonds is 2. The number of aromatic nitrogens is 5. The van der Waals surface area contributed by atoms with E-state index in [2.05, 4.69) is 50.6 Å². The van der Waals surface area contributed by atoms with E-state index in [9.17, 15) is 0 Å². The fourth-order valence-electron chi connectivity index (χ4n) is 2.41. The highest BCUT2D eigenvalue weighted by Crippen LogP contribution is 2.28. The van der Waals surface area contributed by atoms with Crippen molar-refractivity contribution in [2.24, 2.45) is 0 Å². The summed E-state index contributed by atoms with van der Waals surface area (Å²) < 4.78 is 2.27. The second-order valence-electron chi connectivity index (χ2n) is 5.47. The largest absolute Gasteiger partial charge is 0.481 e. The van der Waals surface area contributed by atoms with Gasteiger partial charge in [0.15, 0.2) is 5.82 Å². The lowest BCUT2D eigenvalue weighted by molar-refractivity contribution is -0.134. The number of carbonyl (C=O) groups is 1. The molecular formula is C13H20N6O2S. The second-order valence-corrected chi connectivity index (χ2v) is 6.28. The van der Waals surface area contributed by atoms with E-state index in [1.165, 1.54) is 0 Å². The van der Waals surface area contributed by atoms with Crippen molar-refractivity contribution in [3.05, 3.63) is 17.2 Å². The number of anilines is 1. The van der Waals surface area contributed by atoms with Crippen LogP contribution in [0.1, 0.15) is 51.3 Å². The molecule has 0 bridgehead atoms. The summed E-state index contributed by atoms with van der Waals surface area (Å²) in [5.41, 5.74) is 1.76. The van der Waals surface area contributed by atoms with Crippen molar-refractivity contribution in [2.45, 2.75) is 46.2 Å².